The van der Waals surface area contributed by atoms with Crippen LogP contribution in [0.25, 0.3) is 0 Å². The number of urea groups is 1. The van der Waals surface area contributed by atoms with Gasteiger partial charge in [0.05, 0.1) is 5.56 Å². The van der Waals surface area contributed by atoms with Gasteiger partial charge in [-0.05, 0) is 42.7 Å². The predicted octanol–water partition coefficient (Wildman–Crippen LogP) is 1.56. The number of likely N-dealkylation sites (N-methyl/N-ethyl adjacent to an activating group) is 2. The highest BCUT2D eigenvalue weighted by atomic mass is 32.1. The third-order valence-electron chi connectivity index (χ3n) is 5.92. The number of aryl methyl sites for hydroxylation is 1. The molecule has 3 aliphatic rings. The molecule has 1 N–H and O–H groups in total. The van der Waals surface area contributed by atoms with Gasteiger partial charge in [-0.2, -0.15) is 5.26 Å². The van der Waals surface area contributed by atoms with Crippen LogP contribution in [0.5, 0.6) is 0 Å². The number of carbonyl (C=O) groups excluding carboxylic acids is 3. The van der Waals surface area contributed by atoms with E-state index in [1.54, 1.807) is 11.6 Å². The first-order valence-electron chi connectivity index (χ1n) is 9.98. The van der Waals surface area contributed by atoms with E-state index in [0.717, 1.165) is 36.1 Å². The Morgan fingerprint density at radius 2 is 2.10 bits per heavy atom. The summed E-state index contributed by atoms with van der Waals surface area (Å²) < 4.78 is 1.60. The molecule has 0 bridgehead atoms. The average Bonchev–Trinajstić information content (AvgIpc) is 3.32. The van der Waals surface area contributed by atoms with Crippen LogP contribution < -0.4 is 5.32 Å². The number of imide groups is 1. The van der Waals surface area contributed by atoms with E-state index in [9.17, 15) is 19.6 Å². The van der Waals surface area contributed by atoms with Gasteiger partial charge < -0.3 is 5.32 Å². The standard InChI is InChI=1S/C20H22N6O3S/c1-4-13(26-10-22-16-15(26)19(28)25(3)20(29)24(16)2)17(27)23-18-12(9-21)11-7-5-6-8-14(11)30-18/h10,13,15H,4-8H2,1-3H3/p+1. The second-order valence-electron chi connectivity index (χ2n) is 7.63. The summed E-state index contributed by atoms with van der Waals surface area (Å²) in [6.45, 7) is 1.85. The lowest BCUT2D eigenvalue weighted by Crippen LogP contribution is -2.63. The number of thiophene rings is 1. The Labute approximate surface area is 178 Å². The zero-order chi connectivity index (χ0) is 21.6. The first kappa shape index (κ1) is 20.2. The van der Waals surface area contributed by atoms with Gasteiger partial charge in [-0.15, -0.1) is 11.3 Å². The van der Waals surface area contributed by atoms with E-state index in [-0.39, 0.29) is 5.91 Å². The van der Waals surface area contributed by atoms with Crippen molar-refractivity contribution in [3.05, 3.63) is 16.0 Å². The first-order valence-corrected chi connectivity index (χ1v) is 10.8. The molecular weight excluding hydrogens is 404 g/mol. The maximum Gasteiger partial charge on any atom is 0.333 e. The molecule has 156 valence electrons. The van der Waals surface area contributed by atoms with Crippen LogP contribution in [0, 0.1) is 11.3 Å². The summed E-state index contributed by atoms with van der Waals surface area (Å²) in [5, 5.41) is 13.1. The van der Waals surface area contributed by atoms with Crippen molar-refractivity contribution in [3.8, 4) is 6.07 Å². The first-order chi connectivity index (χ1) is 14.4. The van der Waals surface area contributed by atoms with Crippen LogP contribution in [0.15, 0.2) is 4.99 Å². The molecule has 1 saturated heterocycles. The minimum absolute atomic E-state index is 0.296. The second-order valence-corrected chi connectivity index (χ2v) is 8.74. The monoisotopic (exact) mass is 427 g/mol. The van der Waals surface area contributed by atoms with Crippen molar-refractivity contribution < 1.29 is 19.0 Å². The summed E-state index contributed by atoms with van der Waals surface area (Å²) in [4.78, 5) is 45.9. The fourth-order valence-electron chi connectivity index (χ4n) is 4.26. The molecule has 1 aromatic rings. The van der Waals surface area contributed by atoms with Gasteiger partial charge in [0.2, 0.25) is 0 Å². The van der Waals surface area contributed by atoms with Crippen molar-refractivity contribution >= 4 is 46.4 Å². The third-order valence-corrected chi connectivity index (χ3v) is 7.12. The molecule has 0 saturated carbocycles. The largest absolute Gasteiger partial charge is 0.333 e. The molecule has 1 fully saturated rings. The van der Waals surface area contributed by atoms with Gasteiger partial charge in [-0.25, -0.2) is 9.37 Å². The number of anilines is 1. The summed E-state index contributed by atoms with van der Waals surface area (Å²) in [5.74, 6) is -0.393. The van der Waals surface area contributed by atoms with Gasteiger partial charge in [-0.3, -0.25) is 19.4 Å². The SMILES string of the molecule is CCC(C(=O)Nc1sc2c(c1C#N)CCCC2)[N+]1=CN=C2C1C(=O)N(C)C(=O)N2C. The molecule has 10 heteroatoms. The Balaban J connectivity index is 1.59. The van der Waals surface area contributed by atoms with Crippen LogP contribution in [0.4, 0.5) is 9.80 Å². The summed E-state index contributed by atoms with van der Waals surface area (Å²) in [7, 11) is 2.98. The summed E-state index contributed by atoms with van der Waals surface area (Å²) in [6, 6.07) is 0.313. The maximum atomic E-state index is 13.2. The smallest absolute Gasteiger partial charge is 0.313 e. The lowest BCUT2D eigenvalue weighted by Gasteiger charge is -2.32. The molecule has 3 heterocycles. The quantitative estimate of drug-likeness (QED) is 0.736. The third kappa shape index (κ3) is 3.01. The number of rotatable bonds is 4. The zero-order valence-electron chi connectivity index (χ0n) is 17.1. The highest BCUT2D eigenvalue weighted by molar-refractivity contribution is 7.16. The Morgan fingerprint density at radius 3 is 2.80 bits per heavy atom. The lowest BCUT2D eigenvalue weighted by atomic mass is 9.96. The van der Waals surface area contributed by atoms with E-state index in [2.05, 4.69) is 16.4 Å². The topological polar surface area (TPSA) is 109 Å². The van der Waals surface area contributed by atoms with Crippen LogP contribution in [0.1, 0.15) is 42.2 Å². The second kappa shape index (κ2) is 7.65. The molecule has 4 rings (SSSR count). The molecule has 9 nitrogen and oxygen atoms in total. The molecule has 2 atom stereocenters. The molecule has 30 heavy (non-hydrogen) atoms. The Morgan fingerprint density at radius 1 is 1.37 bits per heavy atom. The van der Waals surface area contributed by atoms with Gasteiger partial charge >= 0.3 is 6.03 Å². The molecular formula is C20H23N6O3S+. The van der Waals surface area contributed by atoms with E-state index < -0.39 is 24.0 Å². The molecule has 1 aromatic heterocycles. The van der Waals surface area contributed by atoms with Gasteiger partial charge in [0.25, 0.3) is 30.0 Å². The van der Waals surface area contributed by atoms with Crippen molar-refractivity contribution in [3.63, 3.8) is 0 Å². The molecule has 2 aliphatic heterocycles. The molecule has 0 radical (unpaired) electrons. The van der Waals surface area contributed by atoms with Crippen LogP contribution in [0.2, 0.25) is 0 Å². The fourth-order valence-corrected chi connectivity index (χ4v) is 5.51. The van der Waals surface area contributed by atoms with Crippen LogP contribution >= 0.6 is 11.3 Å². The van der Waals surface area contributed by atoms with Crippen LogP contribution in [-0.4, -0.2) is 70.6 Å². The van der Waals surface area contributed by atoms with Gasteiger partial charge in [-0.1, -0.05) is 6.92 Å². The van der Waals surface area contributed by atoms with E-state index in [4.69, 9.17) is 0 Å². The Kier molecular flexibility index (Phi) is 5.15. The number of fused-ring (bicyclic) bond motifs is 2. The van der Waals surface area contributed by atoms with E-state index in [1.807, 2.05) is 6.92 Å². The van der Waals surface area contributed by atoms with Gasteiger partial charge in [0.1, 0.15) is 11.1 Å². The van der Waals surface area contributed by atoms with Crippen molar-refractivity contribution in [2.45, 2.75) is 51.1 Å². The molecule has 0 aromatic carbocycles. The minimum Gasteiger partial charge on any atom is -0.313 e. The van der Waals surface area contributed by atoms with Crippen LogP contribution in [-0.2, 0) is 22.4 Å². The van der Waals surface area contributed by atoms with Crippen molar-refractivity contribution in [1.82, 2.24) is 9.80 Å². The maximum absolute atomic E-state index is 13.2. The number of amides is 4. The number of amidine groups is 1. The number of carbonyl (C=O) groups is 3. The number of nitriles is 1. The summed E-state index contributed by atoms with van der Waals surface area (Å²) in [5.41, 5.74) is 1.61. The van der Waals surface area contributed by atoms with Crippen molar-refractivity contribution in [2.75, 3.05) is 19.4 Å². The fraction of sp³-hybridized carbons (Fsp3) is 0.500. The van der Waals surface area contributed by atoms with Crippen molar-refractivity contribution in [2.24, 2.45) is 4.99 Å². The highest BCUT2D eigenvalue weighted by Crippen LogP contribution is 2.37. The predicted molar refractivity (Wildman–Crippen MR) is 112 cm³/mol. The number of aliphatic imine (C=N–C) groups is 1. The molecule has 2 unspecified atom stereocenters. The number of nitrogens with zero attached hydrogens (tertiary/aromatic N) is 5. The summed E-state index contributed by atoms with van der Waals surface area (Å²) in [6.07, 6.45) is 5.83. The normalized spacial score (nSPS) is 21.5. The Bertz CT molecular complexity index is 1050. The lowest BCUT2D eigenvalue weighted by molar-refractivity contribution is -0.555. The number of hydrogen-bond donors (Lipinski definition) is 1. The average molecular weight is 428 g/mol. The number of hydrogen-bond acceptors (Lipinski definition) is 6. The van der Waals surface area contributed by atoms with E-state index in [0.29, 0.717) is 22.8 Å². The molecule has 4 amide bonds. The van der Waals surface area contributed by atoms with Crippen molar-refractivity contribution in [1.29, 1.82) is 5.26 Å². The van der Waals surface area contributed by atoms with Crippen LogP contribution in [0.3, 0.4) is 0 Å². The van der Waals surface area contributed by atoms with Gasteiger partial charge in [0, 0.05) is 19.0 Å². The van der Waals surface area contributed by atoms with E-state index >= 15 is 0 Å². The molecule has 0 spiro atoms. The Hall–Kier alpha value is -3.06. The zero-order valence-corrected chi connectivity index (χ0v) is 18.0. The molecule has 1 aliphatic carbocycles. The highest BCUT2D eigenvalue weighted by Gasteiger charge is 2.52. The van der Waals surface area contributed by atoms with E-state index in [1.165, 1.54) is 34.5 Å². The number of nitrogens with one attached hydrogen (secondary N) is 1. The summed E-state index contributed by atoms with van der Waals surface area (Å²) >= 11 is 1.47. The minimum atomic E-state index is -0.819. The van der Waals surface area contributed by atoms with Gasteiger partial charge in [0.15, 0.2) is 6.04 Å².